The van der Waals surface area contributed by atoms with Gasteiger partial charge in [-0.2, -0.15) is 13.9 Å². The van der Waals surface area contributed by atoms with Crippen LogP contribution in [-0.2, 0) is 13.6 Å². The van der Waals surface area contributed by atoms with Crippen LogP contribution < -0.4 is 15.4 Å². The predicted molar refractivity (Wildman–Crippen MR) is 88.8 cm³/mol. The maximum Gasteiger partial charge on any atom is 0.387 e. The van der Waals surface area contributed by atoms with Gasteiger partial charge in [0.1, 0.15) is 5.75 Å². The molecule has 0 unspecified atom stereocenters. The number of thiocarbonyl (C=S) groups is 1. The zero-order valence-electron chi connectivity index (χ0n) is 13.1. The van der Waals surface area contributed by atoms with Gasteiger partial charge < -0.3 is 15.4 Å². The number of halogens is 2. The number of hydrogen-bond donors (Lipinski definition) is 2. The lowest BCUT2D eigenvalue weighted by Crippen LogP contribution is -2.28. The summed E-state index contributed by atoms with van der Waals surface area (Å²) >= 11 is 5.21. The fourth-order valence-corrected chi connectivity index (χ4v) is 2.18. The SMILES string of the molecule is Cc1ccc(OC(F)F)c(NC(=S)NCc2cnn(C)c2C)c1. The van der Waals surface area contributed by atoms with Crippen LogP contribution in [0.5, 0.6) is 5.75 Å². The largest absolute Gasteiger partial charge is 0.433 e. The first-order valence-corrected chi connectivity index (χ1v) is 7.35. The second-order valence-corrected chi connectivity index (χ2v) is 5.47. The third-order valence-corrected chi connectivity index (χ3v) is 3.62. The van der Waals surface area contributed by atoms with Gasteiger partial charge in [-0.3, -0.25) is 4.68 Å². The molecule has 0 aliphatic carbocycles. The molecule has 0 aliphatic rings. The topological polar surface area (TPSA) is 51.1 Å². The summed E-state index contributed by atoms with van der Waals surface area (Å²) in [5.41, 5.74) is 3.33. The van der Waals surface area contributed by atoms with Crippen molar-refractivity contribution in [2.75, 3.05) is 5.32 Å². The van der Waals surface area contributed by atoms with Crippen molar-refractivity contribution in [1.29, 1.82) is 0 Å². The zero-order valence-corrected chi connectivity index (χ0v) is 13.9. The van der Waals surface area contributed by atoms with Gasteiger partial charge in [-0.25, -0.2) is 0 Å². The second-order valence-electron chi connectivity index (χ2n) is 5.06. The van der Waals surface area contributed by atoms with Crippen molar-refractivity contribution in [1.82, 2.24) is 15.1 Å². The lowest BCUT2D eigenvalue weighted by atomic mass is 10.2. The first-order valence-electron chi connectivity index (χ1n) is 6.94. The van der Waals surface area contributed by atoms with Gasteiger partial charge in [0.15, 0.2) is 5.11 Å². The molecule has 2 N–H and O–H groups in total. The molecule has 0 bridgehead atoms. The lowest BCUT2D eigenvalue weighted by Gasteiger charge is -2.15. The van der Waals surface area contributed by atoms with E-state index in [0.29, 0.717) is 17.3 Å². The van der Waals surface area contributed by atoms with Crippen molar-refractivity contribution in [3.63, 3.8) is 0 Å². The van der Waals surface area contributed by atoms with Crippen molar-refractivity contribution >= 4 is 23.0 Å². The highest BCUT2D eigenvalue weighted by molar-refractivity contribution is 7.80. The third kappa shape index (κ3) is 4.62. The summed E-state index contributed by atoms with van der Waals surface area (Å²) in [6, 6.07) is 4.87. The summed E-state index contributed by atoms with van der Waals surface area (Å²) in [5.74, 6) is 0.0484. The van der Waals surface area contributed by atoms with E-state index in [1.54, 1.807) is 23.0 Å². The highest BCUT2D eigenvalue weighted by Crippen LogP contribution is 2.27. The molecule has 1 heterocycles. The fraction of sp³-hybridized carbons (Fsp3) is 0.333. The van der Waals surface area contributed by atoms with E-state index in [1.165, 1.54) is 6.07 Å². The summed E-state index contributed by atoms with van der Waals surface area (Å²) in [7, 11) is 1.86. The molecule has 1 aromatic heterocycles. The van der Waals surface area contributed by atoms with Crippen molar-refractivity contribution in [3.05, 3.63) is 41.2 Å². The van der Waals surface area contributed by atoms with Gasteiger partial charge in [-0.1, -0.05) is 6.07 Å². The summed E-state index contributed by atoms with van der Waals surface area (Å²) in [5, 5.41) is 10.4. The predicted octanol–water partition coefficient (Wildman–Crippen LogP) is 3.12. The van der Waals surface area contributed by atoms with Gasteiger partial charge in [-0.05, 0) is 43.8 Å². The van der Waals surface area contributed by atoms with E-state index in [9.17, 15) is 8.78 Å². The normalized spacial score (nSPS) is 10.7. The average Bonchev–Trinajstić information content (AvgIpc) is 2.79. The van der Waals surface area contributed by atoms with Crippen molar-refractivity contribution < 1.29 is 13.5 Å². The highest BCUT2D eigenvalue weighted by atomic mass is 32.1. The van der Waals surface area contributed by atoms with Gasteiger partial charge in [-0.15, -0.1) is 0 Å². The van der Waals surface area contributed by atoms with E-state index in [1.807, 2.05) is 20.9 Å². The maximum absolute atomic E-state index is 12.4. The molecule has 1 aromatic carbocycles. The Morgan fingerprint density at radius 1 is 1.39 bits per heavy atom. The Balaban J connectivity index is 2.02. The van der Waals surface area contributed by atoms with Gasteiger partial charge in [0.25, 0.3) is 0 Å². The number of alkyl halides is 2. The molecule has 0 saturated heterocycles. The molecule has 0 saturated carbocycles. The number of aryl methyl sites for hydroxylation is 2. The van der Waals surface area contributed by atoms with E-state index < -0.39 is 6.61 Å². The highest BCUT2D eigenvalue weighted by Gasteiger charge is 2.11. The smallest absolute Gasteiger partial charge is 0.387 e. The number of anilines is 1. The van der Waals surface area contributed by atoms with Crippen molar-refractivity contribution in [3.8, 4) is 5.75 Å². The molecule has 0 radical (unpaired) electrons. The molecule has 2 aromatic rings. The van der Waals surface area contributed by atoms with Gasteiger partial charge >= 0.3 is 6.61 Å². The van der Waals surface area contributed by atoms with Crippen LogP contribution in [-0.4, -0.2) is 21.5 Å². The fourth-order valence-electron chi connectivity index (χ4n) is 2.00. The van der Waals surface area contributed by atoms with Crippen LogP contribution in [0, 0.1) is 13.8 Å². The molecule has 0 atom stereocenters. The molecule has 0 spiro atoms. The summed E-state index contributed by atoms with van der Waals surface area (Å²) in [6.45, 7) is 1.41. The molecule has 0 aliphatic heterocycles. The van der Waals surface area contributed by atoms with Crippen LogP contribution >= 0.6 is 12.2 Å². The monoisotopic (exact) mass is 340 g/mol. The van der Waals surface area contributed by atoms with Crippen LogP contribution in [0.1, 0.15) is 16.8 Å². The number of aromatic nitrogens is 2. The first kappa shape index (κ1) is 17.1. The lowest BCUT2D eigenvalue weighted by molar-refractivity contribution is -0.0493. The van der Waals surface area contributed by atoms with Crippen LogP contribution in [0.25, 0.3) is 0 Å². The average molecular weight is 340 g/mol. The minimum Gasteiger partial charge on any atom is -0.433 e. The number of nitrogens with zero attached hydrogens (tertiary/aromatic N) is 2. The molecule has 23 heavy (non-hydrogen) atoms. The first-order chi connectivity index (χ1) is 10.9. The number of hydrogen-bond acceptors (Lipinski definition) is 3. The summed E-state index contributed by atoms with van der Waals surface area (Å²) in [6.07, 6.45) is 1.75. The molecule has 124 valence electrons. The third-order valence-electron chi connectivity index (χ3n) is 3.38. The van der Waals surface area contributed by atoms with E-state index >= 15 is 0 Å². The summed E-state index contributed by atoms with van der Waals surface area (Å²) < 4.78 is 31.2. The van der Waals surface area contributed by atoms with Gasteiger partial charge in [0, 0.05) is 24.8 Å². The molecule has 2 rings (SSSR count). The number of ether oxygens (including phenoxy) is 1. The Bertz CT molecular complexity index is 703. The van der Waals surface area contributed by atoms with Crippen molar-refractivity contribution in [2.45, 2.75) is 27.0 Å². The number of benzene rings is 1. The van der Waals surface area contributed by atoms with Crippen molar-refractivity contribution in [2.24, 2.45) is 7.05 Å². The Morgan fingerprint density at radius 2 is 2.13 bits per heavy atom. The Kier molecular flexibility index (Phi) is 5.49. The van der Waals surface area contributed by atoms with Crippen LogP contribution in [0.4, 0.5) is 14.5 Å². The Labute approximate surface area is 138 Å². The van der Waals surface area contributed by atoms with E-state index in [-0.39, 0.29) is 5.75 Å². The Morgan fingerprint density at radius 3 is 2.74 bits per heavy atom. The van der Waals surface area contributed by atoms with E-state index in [2.05, 4.69) is 20.5 Å². The molecule has 5 nitrogen and oxygen atoms in total. The van der Waals surface area contributed by atoms with Gasteiger partial charge in [0.05, 0.1) is 11.9 Å². The van der Waals surface area contributed by atoms with Crippen LogP contribution in [0.2, 0.25) is 0 Å². The van der Waals surface area contributed by atoms with Gasteiger partial charge in [0.2, 0.25) is 0 Å². The van der Waals surface area contributed by atoms with Crippen LogP contribution in [0.15, 0.2) is 24.4 Å². The zero-order chi connectivity index (χ0) is 17.0. The molecule has 0 fully saturated rings. The van der Waals surface area contributed by atoms with E-state index in [0.717, 1.165) is 16.8 Å². The second kappa shape index (κ2) is 7.36. The van der Waals surface area contributed by atoms with Crippen LogP contribution in [0.3, 0.4) is 0 Å². The summed E-state index contributed by atoms with van der Waals surface area (Å²) in [4.78, 5) is 0. The molecular formula is C15H18F2N4OS. The standard InChI is InChI=1S/C15H18F2N4OS/c1-9-4-5-13(22-14(16)17)12(6-9)20-15(23)18-7-11-8-19-21(3)10(11)2/h4-6,8,14H,7H2,1-3H3,(H2,18,20,23). The molecule has 8 heteroatoms. The number of rotatable bonds is 5. The minimum atomic E-state index is -2.89. The molecular weight excluding hydrogens is 322 g/mol. The molecule has 0 amide bonds. The Hall–Kier alpha value is -2.22. The van der Waals surface area contributed by atoms with E-state index in [4.69, 9.17) is 12.2 Å². The minimum absolute atomic E-state index is 0.0484. The quantitative estimate of drug-likeness (QED) is 0.819. The maximum atomic E-state index is 12.4. The number of nitrogens with one attached hydrogen (secondary N) is 2.